The van der Waals surface area contributed by atoms with E-state index in [1.165, 1.54) is 14.2 Å². The Bertz CT molecular complexity index is 1700. The number of rotatable bonds is 12. The van der Waals surface area contributed by atoms with Crippen LogP contribution in [0.2, 0.25) is 0 Å². The first-order valence-corrected chi connectivity index (χ1v) is 13.8. The standard InChI is InChI=1S/C31H36N4O7/c1-7-34(8-2)14-17(36)15-35-16-21(19-10-25(40-4)27(42-6)12-23(19)35)29-28(30(37)33-31(29)38)20-13-32-22-11-26(41-5)24(39-3)9-18(20)22/h9-13,16-17,32,36H,7-8,14-15H2,1-6H3,(H,33,37,38). The summed E-state index contributed by atoms with van der Waals surface area (Å²) in [4.78, 5) is 32.2. The molecule has 2 amide bonds. The summed E-state index contributed by atoms with van der Waals surface area (Å²) >= 11 is 0. The summed E-state index contributed by atoms with van der Waals surface area (Å²) in [5.74, 6) is 0.993. The molecule has 222 valence electrons. The van der Waals surface area contributed by atoms with Crippen molar-refractivity contribution in [2.45, 2.75) is 26.5 Å². The van der Waals surface area contributed by atoms with Crippen LogP contribution in [0.3, 0.4) is 0 Å². The number of fused-ring (bicyclic) bond motifs is 2. The molecular weight excluding hydrogens is 540 g/mol. The van der Waals surface area contributed by atoms with Crippen LogP contribution in [-0.4, -0.2) is 85.5 Å². The third-order valence-corrected chi connectivity index (χ3v) is 7.81. The first kappa shape index (κ1) is 29.0. The number of carbonyl (C=O) groups is 2. The predicted octanol–water partition coefficient (Wildman–Crippen LogP) is 3.43. The summed E-state index contributed by atoms with van der Waals surface area (Å²) in [5.41, 5.74) is 2.99. The normalized spacial score (nSPS) is 14.3. The monoisotopic (exact) mass is 576 g/mol. The maximum absolute atomic E-state index is 13.5. The molecule has 5 rings (SSSR count). The van der Waals surface area contributed by atoms with Crippen LogP contribution in [0.1, 0.15) is 25.0 Å². The number of hydrogen-bond donors (Lipinski definition) is 3. The highest BCUT2D eigenvalue weighted by molar-refractivity contribution is 6.50. The third-order valence-electron chi connectivity index (χ3n) is 7.81. The molecule has 2 aromatic heterocycles. The van der Waals surface area contributed by atoms with Crippen molar-refractivity contribution in [1.82, 2.24) is 19.8 Å². The Morgan fingerprint density at radius 3 is 1.95 bits per heavy atom. The highest BCUT2D eigenvalue weighted by atomic mass is 16.5. The molecule has 1 aliphatic rings. The van der Waals surface area contributed by atoms with Gasteiger partial charge in [-0.1, -0.05) is 13.8 Å². The summed E-state index contributed by atoms with van der Waals surface area (Å²) in [6.07, 6.45) is 2.83. The van der Waals surface area contributed by atoms with Crippen molar-refractivity contribution >= 4 is 44.8 Å². The highest BCUT2D eigenvalue weighted by Crippen LogP contribution is 2.43. The quantitative estimate of drug-likeness (QED) is 0.219. The molecule has 2 aromatic carbocycles. The molecule has 4 aromatic rings. The number of hydrogen-bond acceptors (Lipinski definition) is 8. The molecule has 0 radical (unpaired) electrons. The second-order valence-electron chi connectivity index (χ2n) is 10.0. The van der Waals surface area contributed by atoms with Crippen molar-refractivity contribution in [3.8, 4) is 23.0 Å². The lowest BCUT2D eigenvalue weighted by molar-refractivity contribution is -0.122. The van der Waals surface area contributed by atoms with E-state index in [1.807, 2.05) is 10.6 Å². The van der Waals surface area contributed by atoms with Gasteiger partial charge in [0.25, 0.3) is 11.8 Å². The first-order valence-electron chi connectivity index (χ1n) is 13.8. The number of aromatic amines is 1. The fourth-order valence-corrected chi connectivity index (χ4v) is 5.66. The number of carbonyl (C=O) groups excluding carboxylic acids is 2. The number of imide groups is 1. The number of H-pyrrole nitrogens is 1. The van der Waals surface area contributed by atoms with Gasteiger partial charge >= 0.3 is 0 Å². The molecule has 11 nitrogen and oxygen atoms in total. The number of aliphatic hydroxyl groups is 1. The number of amides is 2. The molecular formula is C31H36N4O7. The Hall–Kier alpha value is -4.48. The molecule has 0 saturated carbocycles. The minimum atomic E-state index is -0.676. The van der Waals surface area contributed by atoms with E-state index < -0.39 is 17.9 Å². The number of aromatic nitrogens is 2. The van der Waals surface area contributed by atoms with E-state index in [9.17, 15) is 14.7 Å². The molecule has 42 heavy (non-hydrogen) atoms. The van der Waals surface area contributed by atoms with Crippen LogP contribution in [-0.2, 0) is 16.1 Å². The van der Waals surface area contributed by atoms with Crippen molar-refractivity contribution < 1.29 is 33.6 Å². The van der Waals surface area contributed by atoms with Gasteiger partial charge < -0.3 is 38.5 Å². The molecule has 1 unspecified atom stereocenters. The van der Waals surface area contributed by atoms with Gasteiger partial charge in [0, 0.05) is 65.0 Å². The van der Waals surface area contributed by atoms with Gasteiger partial charge in [0.15, 0.2) is 23.0 Å². The van der Waals surface area contributed by atoms with Crippen molar-refractivity contribution in [1.29, 1.82) is 0 Å². The molecule has 1 atom stereocenters. The van der Waals surface area contributed by atoms with Crippen LogP contribution in [0.25, 0.3) is 33.0 Å². The average Bonchev–Trinajstić information content (AvgIpc) is 3.65. The summed E-state index contributed by atoms with van der Waals surface area (Å²) in [6, 6.07) is 7.18. The third kappa shape index (κ3) is 4.94. The van der Waals surface area contributed by atoms with Crippen LogP contribution in [0.4, 0.5) is 0 Å². The zero-order valence-corrected chi connectivity index (χ0v) is 24.7. The van der Waals surface area contributed by atoms with E-state index in [4.69, 9.17) is 18.9 Å². The molecule has 3 N–H and O–H groups in total. The molecule has 11 heteroatoms. The second kappa shape index (κ2) is 11.8. The van der Waals surface area contributed by atoms with Crippen LogP contribution < -0.4 is 24.3 Å². The van der Waals surface area contributed by atoms with Crippen molar-refractivity contribution in [2.75, 3.05) is 48.1 Å². The fraction of sp³-hybridized carbons (Fsp3) is 0.355. The molecule has 0 aliphatic carbocycles. The summed E-state index contributed by atoms with van der Waals surface area (Å²) < 4.78 is 24.0. The lowest BCUT2D eigenvalue weighted by Gasteiger charge is -2.22. The Balaban J connectivity index is 1.74. The van der Waals surface area contributed by atoms with E-state index in [1.54, 1.807) is 44.8 Å². The van der Waals surface area contributed by atoms with Gasteiger partial charge in [-0.3, -0.25) is 14.9 Å². The largest absolute Gasteiger partial charge is 0.493 e. The number of likely N-dealkylation sites (N-methyl/N-ethyl adjacent to an activating group) is 1. The van der Waals surface area contributed by atoms with Gasteiger partial charge in [0.2, 0.25) is 0 Å². The van der Waals surface area contributed by atoms with E-state index >= 15 is 0 Å². The van der Waals surface area contributed by atoms with Crippen molar-refractivity contribution in [3.63, 3.8) is 0 Å². The van der Waals surface area contributed by atoms with E-state index in [-0.39, 0.29) is 17.7 Å². The maximum atomic E-state index is 13.5. The number of methoxy groups -OCH3 is 4. The van der Waals surface area contributed by atoms with Crippen LogP contribution in [0.5, 0.6) is 23.0 Å². The van der Waals surface area contributed by atoms with Gasteiger partial charge in [0.1, 0.15) is 0 Å². The Morgan fingerprint density at radius 1 is 0.810 bits per heavy atom. The van der Waals surface area contributed by atoms with Gasteiger partial charge in [-0.25, -0.2) is 0 Å². The molecule has 0 bridgehead atoms. The van der Waals surface area contributed by atoms with E-state index in [0.29, 0.717) is 51.4 Å². The molecule has 0 fully saturated rings. The van der Waals surface area contributed by atoms with E-state index in [0.717, 1.165) is 24.1 Å². The number of ether oxygens (including phenoxy) is 4. The number of aliphatic hydroxyl groups excluding tert-OH is 1. The number of benzene rings is 2. The minimum absolute atomic E-state index is 0.227. The van der Waals surface area contributed by atoms with Gasteiger partial charge in [-0.2, -0.15) is 0 Å². The predicted molar refractivity (Wildman–Crippen MR) is 160 cm³/mol. The van der Waals surface area contributed by atoms with E-state index in [2.05, 4.69) is 29.0 Å². The average molecular weight is 577 g/mol. The zero-order chi connectivity index (χ0) is 30.1. The topological polar surface area (TPSA) is 127 Å². The Kier molecular flexibility index (Phi) is 8.15. The molecule has 0 spiro atoms. The fourth-order valence-electron chi connectivity index (χ4n) is 5.66. The van der Waals surface area contributed by atoms with Gasteiger partial charge in [0.05, 0.1) is 51.2 Å². The van der Waals surface area contributed by atoms with Crippen molar-refractivity contribution in [2.24, 2.45) is 0 Å². The van der Waals surface area contributed by atoms with Crippen molar-refractivity contribution in [3.05, 3.63) is 47.8 Å². The smallest absolute Gasteiger partial charge is 0.259 e. The summed E-state index contributed by atoms with van der Waals surface area (Å²) in [6.45, 7) is 6.49. The molecule has 1 aliphatic heterocycles. The van der Waals surface area contributed by atoms with Crippen LogP contribution >= 0.6 is 0 Å². The molecule has 0 saturated heterocycles. The van der Waals surface area contributed by atoms with Gasteiger partial charge in [-0.05, 0) is 25.2 Å². The maximum Gasteiger partial charge on any atom is 0.259 e. The summed E-state index contributed by atoms with van der Waals surface area (Å²) in [5, 5.41) is 14.9. The van der Waals surface area contributed by atoms with Crippen LogP contribution in [0, 0.1) is 0 Å². The SMILES string of the molecule is CCN(CC)CC(O)Cn1cc(C2=C(c3c[nH]c4cc(OC)c(OC)cc34)C(=O)NC2=O)c2cc(OC)c(OC)cc21. The Morgan fingerprint density at radius 2 is 1.36 bits per heavy atom. The van der Waals surface area contributed by atoms with Crippen LogP contribution in [0.15, 0.2) is 36.7 Å². The van der Waals surface area contributed by atoms with Gasteiger partial charge in [-0.15, -0.1) is 0 Å². The lowest BCUT2D eigenvalue weighted by Crippen LogP contribution is -2.34. The zero-order valence-electron chi connectivity index (χ0n) is 24.7. The second-order valence-corrected chi connectivity index (χ2v) is 10.0. The summed E-state index contributed by atoms with van der Waals surface area (Å²) in [7, 11) is 6.18. The lowest BCUT2D eigenvalue weighted by atomic mass is 9.95. The Labute approximate surface area is 243 Å². The molecule has 3 heterocycles. The number of nitrogens with zero attached hydrogens (tertiary/aromatic N) is 2. The number of nitrogens with one attached hydrogen (secondary N) is 2. The first-order chi connectivity index (χ1) is 20.3. The minimum Gasteiger partial charge on any atom is -0.493 e. The highest BCUT2D eigenvalue weighted by Gasteiger charge is 2.35.